The van der Waals surface area contributed by atoms with Gasteiger partial charge in [0, 0.05) is 17.8 Å². The molecule has 150 valence electrons. The molecule has 0 aliphatic carbocycles. The van der Waals surface area contributed by atoms with Crippen LogP contribution in [0.25, 0.3) is 0 Å². The smallest absolute Gasteiger partial charge is 0.366 e. The van der Waals surface area contributed by atoms with Crippen molar-refractivity contribution >= 4 is 28.9 Å². The van der Waals surface area contributed by atoms with E-state index in [1.54, 1.807) is 12.1 Å². The van der Waals surface area contributed by atoms with Gasteiger partial charge in [-0.25, -0.2) is 0 Å². The number of nitrogens with one attached hydrogen (secondary N) is 2. The Kier molecular flexibility index (Phi) is 6.17. The van der Waals surface area contributed by atoms with Crippen molar-refractivity contribution in [1.82, 2.24) is 5.32 Å². The lowest BCUT2D eigenvalue weighted by atomic mass is 10.1. The first-order chi connectivity index (χ1) is 12.9. The minimum Gasteiger partial charge on any atom is -0.366 e. The van der Waals surface area contributed by atoms with Crippen LogP contribution in [0.1, 0.15) is 27.0 Å². The molecule has 4 N–H and O–H groups in total. The van der Waals surface area contributed by atoms with Gasteiger partial charge in [0.05, 0.1) is 11.1 Å². The fraction of sp³-hybridized carbons (Fsp3) is 0.176. The van der Waals surface area contributed by atoms with E-state index in [1.165, 1.54) is 12.1 Å². The predicted molar refractivity (Wildman–Crippen MR) is 94.5 cm³/mol. The number of hydrogen-bond acceptors (Lipinski definition) is 2. The minimum atomic E-state index is -4.95. The van der Waals surface area contributed by atoms with Crippen molar-refractivity contribution in [2.24, 2.45) is 5.73 Å². The van der Waals surface area contributed by atoms with E-state index in [1.807, 2.05) is 0 Å². The zero-order chi connectivity index (χ0) is 21.1. The van der Waals surface area contributed by atoms with E-state index in [9.17, 15) is 31.1 Å². The summed E-state index contributed by atoms with van der Waals surface area (Å²) in [5.74, 6) is -0.610. The molecule has 0 spiro atoms. The molecule has 0 radical (unpaired) electrons. The highest BCUT2D eigenvalue weighted by molar-refractivity contribution is 7.80. The van der Waals surface area contributed by atoms with Gasteiger partial charge in [-0.1, -0.05) is 12.1 Å². The van der Waals surface area contributed by atoms with Gasteiger partial charge in [-0.15, -0.1) is 0 Å². The summed E-state index contributed by atoms with van der Waals surface area (Å²) in [6.45, 7) is 0.121. The summed E-state index contributed by atoms with van der Waals surface area (Å²) in [7, 11) is 0. The van der Waals surface area contributed by atoms with E-state index >= 15 is 0 Å². The summed E-state index contributed by atoms with van der Waals surface area (Å²) < 4.78 is 77.1. The van der Waals surface area contributed by atoms with Gasteiger partial charge in [0.2, 0.25) is 5.91 Å². The lowest BCUT2D eigenvalue weighted by molar-refractivity contribution is -0.143. The summed E-state index contributed by atoms with van der Waals surface area (Å²) in [4.78, 5) is 11.0. The topological polar surface area (TPSA) is 67.2 Å². The van der Waals surface area contributed by atoms with Crippen LogP contribution in [0.3, 0.4) is 0 Å². The Balaban J connectivity index is 2.11. The molecule has 0 aliphatic heterocycles. The molecule has 0 bridgehead atoms. The van der Waals surface area contributed by atoms with Crippen molar-refractivity contribution in [3.63, 3.8) is 0 Å². The lowest BCUT2D eigenvalue weighted by Gasteiger charge is -2.16. The van der Waals surface area contributed by atoms with Crippen molar-refractivity contribution in [1.29, 1.82) is 0 Å². The molecule has 1 amide bonds. The lowest BCUT2D eigenvalue weighted by Crippen LogP contribution is -2.28. The van der Waals surface area contributed by atoms with Crippen LogP contribution in [0.5, 0.6) is 0 Å². The molecule has 0 atom stereocenters. The number of anilines is 1. The Hall–Kier alpha value is -2.82. The zero-order valence-corrected chi connectivity index (χ0v) is 14.7. The van der Waals surface area contributed by atoms with Crippen LogP contribution in [0, 0.1) is 0 Å². The number of carbonyl (C=O) groups is 1. The molecule has 28 heavy (non-hydrogen) atoms. The number of alkyl halides is 6. The summed E-state index contributed by atoms with van der Waals surface area (Å²) >= 11 is 4.92. The van der Waals surface area contributed by atoms with E-state index in [0.717, 1.165) is 0 Å². The van der Waals surface area contributed by atoms with E-state index in [2.05, 4.69) is 10.6 Å². The van der Waals surface area contributed by atoms with Crippen molar-refractivity contribution in [3.8, 4) is 0 Å². The summed E-state index contributed by atoms with van der Waals surface area (Å²) in [5.41, 5.74) is 2.70. The second-order valence-electron chi connectivity index (χ2n) is 5.66. The van der Waals surface area contributed by atoms with Gasteiger partial charge >= 0.3 is 12.4 Å². The second-order valence-corrected chi connectivity index (χ2v) is 6.07. The first-order valence-electron chi connectivity index (χ1n) is 7.59. The quantitative estimate of drug-likeness (QED) is 0.509. The van der Waals surface area contributed by atoms with Gasteiger partial charge in [-0.05, 0) is 48.1 Å². The molecular weight excluding hydrogens is 408 g/mol. The third kappa shape index (κ3) is 5.84. The van der Waals surface area contributed by atoms with Crippen LogP contribution in [-0.2, 0) is 18.9 Å². The highest BCUT2D eigenvalue weighted by Crippen LogP contribution is 2.37. The third-order valence-electron chi connectivity index (χ3n) is 3.54. The maximum absolute atomic E-state index is 12.9. The Bertz CT molecular complexity index is 846. The number of thiocarbonyl (C=S) groups is 1. The first-order valence-corrected chi connectivity index (χ1v) is 8.00. The monoisotopic (exact) mass is 421 g/mol. The van der Waals surface area contributed by atoms with Gasteiger partial charge in [0.25, 0.3) is 0 Å². The average molecular weight is 421 g/mol. The molecule has 4 nitrogen and oxygen atoms in total. The van der Waals surface area contributed by atoms with Crippen LogP contribution in [-0.4, -0.2) is 11.0 Å². The number of hydrogen-bond donors (Lipinski definition) is 3. The molecular formula is C17H13F6N3OS. The molecule has 2 rings (SSSR count). The molecule has 0 heterocycles. The molecule has 0 saturated carbocycles. The van der Waals surface area contributed by atoms with Crippen LogP contribution in [0.4, 0.5) is 32.0 Å². The Morgan fingerprint density at radius 3 is 1.86 bits per heavy atom. The fourth-order valence-electron chi connectivity index (χ4n) is 2.17. The number of halogens is 6. The summed E-state index contributed by atoms with van der Waals surface area (Å²) in [6.07, 6.45) is -9.90. The Morgan fingerprint density at radius 2 is 1.43 bits per heavy atom. The highest BCUT2D eigenvalue weighted by Gasteiger charge is 2.37. The molecule has 2 aromatic carbocycles. The molecule has 0 fully saturated rings. The van der Waals surface area contributed by atoms with Gasteiger partial charge in [0.15, 0.2) is 5.11 Å². The number of amides is 1. The van der Waals surface area contributed by atoms with E-state index in [0.29, 0.717) is 17.7 Å². The maximum Gasteiger partial charge on any atom is 0.416 e. The molecule has 11 heteroatoms. The number of benzene rings is 2. The predicted octanol–water partition coefficient (Wildman–Crippen LogP) is 4.31. The largest absolute Gasteiger partial charge is 0.416 e. The number of primary amides is 1. The number of carbonyl (C=O) groups excluding carboxylic acids is 1. The standard InChI is InChI=1S/C17H13F6N3OS/c18-16(19,20)11-5-12(17(21,22)23)7-13(6-11)26-15(28)25-8-9-1-3-10(4-2-9)14(24)27/h1-7H,8H2,(H2,24,27)(H2,25,26,28). The van der Waals surface area contributed by atoms with Crippen LogP contribution in [0.2, 0.25) is 0 Å². The number of nitrogens with two attached hydrogens (primary N) is 1. The van der Waals surface area contributed by atoms with Crippen LogP contribution in [0.15, 0.2) is 42.5 Å². The first kappa shape index (κ1) is 21.5. The summed E-state index contributed by atoms with van der Waals surface area (Å²) in [5, 5.41) is 4.79. The van der Waals surface area contributed by atoms with Gasteiger partial charge in [-0.2, -0.15) is 26.3 Å². The van der Waals surface area contributed by atoms with Crippen LogP contribution < -0.4 is 16.4 Å². The zero-order valence-electron chi connectivity index (χ0n) is 13.9. The van der Waals surface area contributed by atoms with E-state index in [-0.39, 0.29) is 23.3 Å². The molecule has 0 aliphatic rings. The Morgan fingerprint density at radius 1 is 0.929 bits per heavy atom. The van der Waals surface area contributed by atoms with Crippen LogP contribution >= 0.6 is 12.2 Å². The molecule has 0 saturated heterocycles. The summed E-state index contributed by atoms with van der Waals surface area (Å²) in [6, 6.07) is 7.18. The minimum absolute atomic E-state index is 0.0297. The van der Waals surface area contributed by atoms with Crippen molar-refractivity contribution in [2.75, 3.05) is 5.32 Å². The van der Waals surface area contributed by atoms with E-state index < -0.39 is 35.1 Å². The SMILES string of the molecule is NC(=O)c1ccc(CNC(=S)Nc2cc(C(F)(F)F)cc(C(F)(F)F)c2)cc1. The highest BCUT2D eigenvalue weighted by atomic mass is 32.1. The number of rotatable bonds is 4. The van der Waals surface area contributed by atoms with Crippen molar-refractivity contribution in [2.45, 2.75) is 18.9 Å². The second kappa shape index (κ2) is 8.05. The van der Waals surface area contributed by atoms with Crippen molar-refractivity contribution < 1.29 is 31.1 Å². The fourth-order valence-corrected chi connectivity index (χ4v) is 2.36. The van der Waals surface area contributed by atoms with Gasteiger partial charge < -0.3 is 16.4 Å². The molecule has 0 unspecified atom stereocenters. The molecule has 2 aromatic rings. The normalized spacial score (nSPS) is 11.8. The average Bonchev–Trinajstić information content (AvgIpc) is 2.58. The Labute approximate surface area is 160 Å². The third-order valence-corrected chi connectivity index (χ3v) is 3.78. The van der Waals surface area contributed by atoms with E-state index in [4.69, 9.17) is 18.0 Å². The molecule has 0 aromatic heterocycles. The van der Waals surface area contributed by atoms with Gasteiger partial charge in [0.1, 0.15) is 0 Å². The van der Waals surface area contributed by atoms with Gasteiger partial charge in [-0.3, -0.25) is 4.79 Å². The van der Waals surface area contributed by atoms with Crippen molar-refractivity contribution in [3.05, 3.63) is 64.7 Å². The maximum atomic E-state index is 12.9.